The minimum Gasteiger partial charge on any atom is -0.481 e. The van der Waals surface area contributed by atoms with Crippen LogP contribution in [0, 0.1) is 6.92 Å². The predicted molar refractivity (Wildman–Crippen MR) is 72.5 cm³/mol. The molecule has 0 atom stereocenters. The number of likely N-dealkylation sites (N-methyl/N-ethyl adjacent to an activating group) is 1. The number of rotatable bonds is 5. The Kier molecular flexibility index (Phi) is 5.34. The number of nitrogens with zero attached hydrogens (tertiary/aromatic N) is 1. The van der Waals surface area contributed by atoms with Crippen molar-refractivity contribution in [1.82, 2.24) is 4.90 Å². The first-order valence-corrected chi connectivity index (χ1v) is 6.40. The Bertz CT molecular complexity index is 460. The first-order chi connectivity index (χ1) is 8.40. The first kappa shape index (κ1) is 14.7. The van der Waals surface area contributed by atoms with E-state index in [9.17, 15) is 9.59 Å². The Morgan fingerprint density at radius 2 is 2.06 bits per heavy atom. The Labute approximate surface area is 115 Å². The van der Waals surface area contributed by atoms with Gasteiger partial charge < -0.3 is 10.0 Å². The van der Waals surface area contributed by atoms with Gasteiger partial charge in [0.05, 0.1) is 12.8 Å². The van der Waals surface area contributed by atoms with Crippen LogP contribution < -0.4 is 0 Å². The molecule has 5 heteroatoms. The zero-order valence-electron chi connectivity index (χ0n) is 10.4. The third-order valence-electron chi connectivity index (χ3n) is 2.68. The fourth-order valence-electron chi connectivity index (χ4n) is 1.44. The van der Waals surface area contributed by atoms with E-state index in [1.807, 2.05) is 25.1 Å². The van der Waals surface area contributed by atoms with E-state index in [0.717, 1.165) is 15.6 Å². The van der Waals surface area contributed by atoms with Crippen LogP contribution in [-0.2, 0) is 16.0 Å². The number of aryl methyl sites for hydroxylation is 1. The van der Waals surface area contributed by atoms with Gasteiger partial charge in [0.25, 0.3) is 0 Å². The maximum absolute atomic E-state index is 11.8. The summed E-state index contributed by atoms with van der Waals surface area (Å²) in [6.07, 6.45) is 0.259. The molecule has 0 heterocycles. The molecule has 0 aliphatic carbocycles. The van der Waals surface area contributed by atoms with Crippen molar-refractivity contribution in [2.45, 2.75) is 19.8 Å². The normalized spacial score (nSPS) is 10.2. The number of carboxylic acids is 1. The van der Waals surface area contributed by atoms with Crippen molar-refractivity contribution in [2.75, 3.05) is 13.6 Å². The highest BCUT2D eigenvalue weighted by Gasteiger charge is 2.11. The molecule has 4 nitrogen and oxygen atoms in total. The molecule has 0 fully saturated rings. The third-order valence-corrected chi connectivity index (χ3v) is 3.53. The van der Waals surface area contributed by atoms with Gasteiger partial charge in [-0.1, -0.05) is 28.1 Å². The van der Waals surface area contributed by atoms with E-state index in [2.05, 4.69) is 15.9 Å². The second-order valence-corrected chi connectivity index (χ2v) is 5.07. The van der Waals surface area contributed by atoms with Gasteiger partial charge >= 0.3 is 5.97 Å². The van der Waals surface area contributed by atoms with Crippen molar-refractivity contribution in [3.8, 4) is 0 Å². The van der Waals surface area contributed by atoms with Crippen LogP contribution in [0.2, 0.25) is 0 Å². The molecule has 0 unspecified atom stereocenters. The van der Waals surface area contributed by atoms with E-state index >= 15 is 0 Å². The number of hydrogen-bond acceptors (Lipinski definition) is 2. The summed E-state index contributed by atoms with van der Waals surface area (Å²) >= 11 is 3.42. The summed E-state index contributed by atoms with van der Waals surface area (Å²) in [5.74, 6) is -0.972. The van der Waals surface area contributed by atoms with Crippen molar-refractivity contribution >= 4 is 27.8 Å². The number of benzene rings is 1. The van der Waals surface area contributed by atoms with E-state index < -0.39 is 5.97 Å². The summed E-state index contributed by atoms with van der Waals surface area (Å²) in [6, 6.07) is 5.77. The van der Waals surface area contributed by atoms with E-state index in [1.54, 1.807) is 7.05 Å². The minimum atomic E-state index is -0.896. The summed E-state index contributed by atoms with van der Waals surface area (Å²) in [7, 11) is 1.62. The Hall–Kier alpha value is -1.36. The molecule has 98 valence electrons. The molecule has 1 aromatic carbocycles. The largest absolute Gasteiger partial charge is 0.481 e. The fourth-order valence-corrected chi connectivity index (χ4v) is 1.87. The summed E-state index contributed by atoms with van der Waals surface area (Å²) in [6.45, 7) is 2.22. The standard InChI is InChI=1S/C13H16BrNO3/c1-9-3-4-10(7-11(9)14)8-12(16)15(2)6-5-13(17)18/h3-4,7H,5-6,8H2,1-2H3,(H,17,18). The van der Waals surface area contributed by atoms with Crippen molar-refractivity contribution in [3.05, 3.63) is 33.8 Å². The lowest BCUT2D eigenvalue weighted by molar-refractivity contribution is -0.138. The molecule has 0 aliphatic heterocycles. The highest BCUT2D eigenvalue weighted by Crippen LogP contribution is 2.18. The summed E-state index contributed by atoms with van der Waals surface area (Å²) in [4.78, 5) is 23.7. The predicted octanol–water partition coefficient (Wildman–Crippen LogP) is 2.23. The average Bonchev–Trinajstić information content (AvgIpc) is 2.30. The van der Waals surface area contributed by atoms with Crippen molar-refractivity contribution < 1.29 is 14.7 Å². The number of hydrogen-bond donors (Lipinski definition) is 1. The van der Waals surface area contributed by atoms with Gasteiger partial charge in [-0.2, -0.15) is 0 Å². The molecule has 0 saturated carbocycles. The maximum atomic E-state index is 11.8. The second-order valence-electron chi connectivity index (χ2n) is 4.22. The van der Waals surface area contributed by atoms with Crippen LogP contribution >= 0.6 is 15.9 Å². The molecule has 1 rings (SSSR count). The van der Waals surface area contributed by atoms with E-state index in [4.69, 9.17) is 5.11 Å². The molecule has 0 radical (unpaired) electrons. The lowest BCUT2D eigenvalue weighted by Crippen LogP contribution is -2.30. The maximum Gasteiger partial charge on any atom is 0.305 e. The highest BCUT2D eigenvalue weighted by atomic mass is 79.9. The SMILES string of the molecule is Cc1ccc(CC(=O)N(C)CCC(=O)O)cc1Br. The monoisotopic (exact) mass is 313 g/mol. The molecule has 1 amide bonds. The molecular formula is C13H16BrNO3. The van der Waals surface area contributed by atoms with Gasteiger partial charge in [-0.05, 0) is 24.1 Å². The molecule has 1 N–H and O–H groups in total. The van der Waals surface area contributed by atoms with Crippen LogP contribution in [0.5, 0.6) is 0 Å². The summed E-state index contributed by atoms with van der Waals surface area (Å²) < 4.78 is 0.973. The van der Waals surface area contributed by atoms with Crippen molar-refractivity contribution in [2.24, 2.45) is 0 Å². The molecule has 0 saturated heterocycles. The zero-order chi connectivity index (χ0) is 13.7. The quantitative estimate of drug-likeness (QED) is 0.907. The fraction of sp³-hybridized carbons (Fsp3) is 0.385. The molecular weight excluding hydrogens is 298 g/mol. The van der Waals surface area contributed by atoms with Gasteiger partial charge in [0.15, 0.2) is 0 Å². The van der Waals surface area contributed by atoms with Gasteiger partial charge in [0, 0.05) is 18.1 Å². The minimum absolute atomic E-state index is 0.0279. The number of carboxylic acid groups (broad SMARTS) is 1. The second kappa shape index (κ2) is 6.54. The molecule has 0 aliphatic rings. The van der Waals surface area contributed by atoms with Crippen LogP contribution in [0.1, 0.15) is 17.5 Å². The highest BCUT2D eigenvalue weighted by molar-refractivity contribution is 9.10. The number of aliphatic carboxylic acids is 1. The van der Waals surface area contributed by atoms with Crippen LogP contribution in [0.3, 0.4) is 0 Å². The van der Waals surface area contributed by atoms with E-state index in [-0.39, 0.29) is 25.3 Å². The van der Waals surface area contributed by atoms with Crippen molar-refractivity contribution in [3.63, 3.8) is 0 Å². The molecule has 0 spiro atoms. The lowest BCUT2D eigenvalue weighted by atomic mass is 10.1. The van der Waals surface area contributed by atoms with Gasteiger partial charge in [-0.25, -0.2) is 0 Å². The molecule has 0 bridgehead atoms. The average molecular weight is 314 g/mol. The first-order valence-electron chi connectivity index (χ1n) is 5.61. The zero-order valence-corrected chi connectivity index (χ0v) is 12.0. The van der Waals surface area contributed by atoms with Gasteiger partial charge in [-0.15, -0.1) is 0 Å². The van der Waals surface area contributed by atoms with Crippen LogP contribution in [0.15, 0.2) is 22.7 Å². The van der Waals surface area contributed by atoms with Gasteiger partial charge in [0.1, 0.15) is 0 Å². The number of halogens is 1. The Morgan fingerprint density at radius 1 is 1.39 bits per heavy atom. The number of carbonyl (C=O) groups excluding carboxylic acids is 1. The van der Waals surface area contributed by atoms with E-state index in [1.165, 1.54) is 4.90 Å². The summed E-state index contributed by atoms with van der Waals surface area (Å²) in [5, 5.41) is 8.56. The lowest BCUT2D eigenvalue weighted by Gasteiger charge is -2.16. The van der Waals surface area contributed by atoms with Crippen LogP contribution in [0.25, 0.3) is 0 Å². The van der Waals surface area contributed by atoms with Crippen LogP contribution in [0.4, 0.5) is 0 Å². The van der Waals surface area contributed by atoms with Gasteiger partial charge in [0.2, 0.25) is 5.91 Å². The van der Waals surface area contributed by atoms with Crippen LogP contribution in [-0.4, -0.2) is 35.5 Å². The number of carbonyl (C=O) groups is 2. The molecule has 18 heavy (non-hydrogen) atoms. The van der Waals surface area contributed by atoms with Crippen molar-refractivity contribution in [1.29, 1.82) is 0 Å². The topological polar surface area (TPSA) is 57.6 Å². The third kappa shape index (κ3) is 4.49. The summed E-state index contributed by atoms with van der Waals surface area (Å²) in [5.41, 5.74) is 2.03. The molecule has 1 aromatic rings. The Balaban J connectivity index is 2.58. The number of amides is 1. The van der Waals surface area contributed by atoms with Gasteiger partial charge in [-0.3, -0.25) is 9.59 Å². The smallest absolute Gasteiger partial charge is 0.305 e. The van der Waals surface area contributed by atoms with E-state index in [0.29, 0.717) is 0 Å². The molecule has 0 aromatic heterocycles. The Morgan fingerprint density at radius 3 is 2.61 bits per heavy atom.